The molecule has 0 spiro atoms. The number of para-hydroxylation sites is 1. The Kier molecular flexibility index (Phi) is 3.84. The maximum Gasteiger partial charge on any atom is 0.161 e. The van der Waals surface area contributed by atoms with E-state index in [9.17, 15) is 0 Å². The molecule has 0 radical (unpaired) electrons. The maximum absolute atomic E-state index is 6.00. The van der Waals surface area contributed by atoms with Gasteiger partial charge in [0.15, 0.2) is 5.82 Å². The lowest BCUT2D eigenvalue weighted by molar-refractivity contribution is 0.500. The summed E-state index contributed by atoms with van der Waals surface area (Å²) >= 11 is 0. The van der Waals surface area contributed by atoms with Crippen molar-refractivity contribution >= 4 is 22.6 Å². The van der Waals surface area contributed by atoms with Crippen molar-refractivity contribution in [1.29, 1.82) is 0 Å². The average molecular weight is 348 g/mol. The second-order valence-corrected chi connectivity index (χ2v) is 6.33. The van der Waals surface area contributed by atoms with E-state index in [0.717, 1.165) is 28.2 Å². The molecule has 1 aromatic carbocycles. The highest BCUT2D eigenvalue weighted by Gasteiger charge is 2.19. The normalized spacial score (nSPS) is 12.4. The quantitative estimate of drug-likeness (QED) is 0.607. The molecule has 1 atom stereocenters. The van der Waals surface area contributed by atoms with E-state index in [1.165, 1.54) is 6.33 Å². The van der Waals surface area contributed by atoms with Crippen LogP contribution in [0.3, 0.4) is 0 Å². The van der Waals surface area contributed by atoms with E-state index >= 15 is 0 Å². The Labute approximate surface area is 151 Å². The first-order valence-corrected chi connectivity index (χ1v) is 8.39. The average Bonchev–Trinajstić information content (AvgIpc) is 3.23. The number of fused-ring (bicyclic) bond motifs is 1. The second-order valence-electron chi connectivity index (χ2n) is 6.33. The number of nitrogens with zero attached hydrogens (tertiary/aromatic N) is 5. The zero-order valence-corrected chi connectivity index (χ0v) is 14.9. The van der Waals surface area contributed by atoms with E-state index in [1.54, 1.807) is 4.68 Å². The summed E-state index contributed by atoms with van der Waals surface area (Å²) in [6, 6.07) is 13.7. The van der Waals surface area contributed by atoms with E-state index in [-0.39, 0.29) is 6.04 Å². The van der Waals surface area contributed by atoms with Gasteiger partial charge in [-0.2, -0.15) is 9.78 Å². The van der Waals surface area contributed by atoms with E-state index in [2.05, 4.69) is 28.1 Å². The second kappa shape index (κ2) is 6.18. The minimum atomic E-state index is 0.00172. The lowest BCUT2D eigenvalue weighted by Gasteiger charge is -2.24. The Morgan fingerprint density at radius 1 is 1.15 bits per heavy atom. The summed E-state index contributed by atoms with van der Waals surface area (Å²) in [6.07, 6.45) is 1.52. The van der Waals surface area contributed by atoms with Crippen LogP contribution in [0.4, 0.5) is 11.6 Å². The van der Waals surface area contributed by atoms with Gasteiger partial charge in [0.05, 0.1) is 11.7 Å². The molecule has 3 aromatic heterocycles. The summed E-state index contributed by atoms with van der Waals surface area (Å²) < 4.78 is 7.60. The number of anilines is 2. The fourth-order valence-electron chi connectivity index (χ4n) is 2.95. The molecule has 0 aliphatic heterocycles. The highest BCUT2D eigenvalue weighted by atomic mass is 16.3. The molecule has 0 saturated carbocycles. The maximum atomic E-state index is 6.00. The van der Waals surface area contributed by atoms with Crippen molar-refractivity contribution in [3.05, 3.63) is 60.2 Å². The van der Waals surface area contributed by atoms with Gasteiger partial charge in [0, 0.05) is 24.6 Å². The molecule has 3 heterocycles. The summed E-state index contributed by atoms with van der Waals surface area (Å²) in [5, 5.41) is 5.47. The summed E-state index contributed by atoms with van der Waals surface area (Å²) in [7, 11) is 1.97. The van der Waals surface area contributed by atoms with Crippen LogP contribution in [0.15, 0.2) is 53.2 Å². The third-order valence-electron chi connectivity index (χ3n) is 4.51. The molecule has 26 heavy (non-hydrogen) atoms. The zero-order chi connectivity index (χ0) is 18.3. The molecule has 4 aromatic rings. The highest BCUT2D eigenvalue weighted by molar-refractivity contribution is 5.77. The van der Waals surface area contributed by atoms with Gasteiger partial charge in [0.1, 0.15) is 29.3 Å². The number of rotatable bonds is 4. The monoisotopic (exact) mass is 348 g/mol. The van der Waals surface area contributed by atoms with Gasteiger partial charge in [0.2, 0.25) is 0 Å². The first-order valence-electron chi connectivity index (χ1n) is 8.39. The van der Waals surface area contributed by atoms with E-state index in [4.69, 9.17) is 10.2 Å². The SMILES string of the molecule is Cc1cc(N)n(-c2cc(N(C)[C@@H](C)c3cc4ccccc4o3)ncn2)n1. The fourth-order valence-corrected chi connectivity index (χ4v) is 2.95. The van der Waals surface area contributed by atoms with Crippen LogP contribution in [0.2, 0.25) is 0 Å². The minimum Gasteiger partial charge on any atom is -0.459 e. The van der Waals surface area contributed by atoms with Crippen LogP contribution in [0.1, 0.15) is 24.4 Å². The molecule has 0 aliphatic rings. The van der Waals surface area contributed by atoms with E-state index < -0.39 is 0 Å². The Bertz CT molecular complexity index is 1030. The smallest absolute Gasteiger partial charge is 0.161 e. The number of nitrogens with two attached hydrogens (primary N) is 1. The van der Waals surface area contributed by atoms with Crippen LogP contribution in [0.5, 0.6) is 0 Å². The molecule has 0 unspecified atom stereocenters. The number of aromatic nitrogens is 4. The van der Waals surface area contributed by atoms with Crippen LogP contribution in [-0.4, -0.2) is 26.8 Å². The lowest BCUT2D eigenvalue weighted by Crippen LogP contribution is -2.22. The number of hydrogen-bond donors (Lipinski definition) is 1. The van der Waals surface area contributed by atoms with Crippen LogP contribution in [-0.2, 0) is 0 Å². The highest BCUT2D eigenvalue weighted by Crippen LogP contribution is 2.29. The van der Waals surface area contributed by atoms with Gasteiger partial charge < -0.3 is 15.1 Å². The number of furan rings is 1. The number of benzene rings is 1. The van der Waals surface area contributed by atoms with Crippen molar-refractivity contribution in [2.24, 2.45) is 0 Å². The van der Waals surface area contributed by atoms with Crippen molar-refractivity contribution in [3.63, 3.8) is 0 Å². The number of aryl methyl sites for hydroxylation is 1. The van der Waals surface area contributed by atoms with Gasteiger partial charge in [-0.3, -0.25) is 0 Å². The van der Waals surface area contributed by atoms with Crippen LogP contribution < -0.4 is 10.6 Å². The minimum absolute atomic E-state index is 0.00172. The predicted molar refractivity (Wildman–Crippen MR) is 101 cm³/mol. The molecular formula is C19H20N6O. The Morgan fingerprint density at radius 2 is 1.96 bits per heavy atom. The summed E-state index contributed by atoms with van der Waals surface area (Å²) in [6.45, 7) is 3.97. The van der Waals surface area contributed by atoms with Crippen molar-refractivity contribution in [2.75, 3.05) is 17.7 Å². The Hall–Kier alpha value is -3.35. The molecule has 132 valence electrons. The van der Waals surface area contributed by atoms with E-state index in [0.29, 0.717) is 11.6 Å². The summed E-state index contributed by atoms with van der Waals surface area (Å²) in [4.78, 5) is 10.7. The summed E-state index contributed by atoms with van der Waals surface area (Å²) in [5.41, 5.74) is 7.72. The van der Waals surface area contributed by atoms with Crippen LogP contribution in [0.25, 0.3) is 16.8 Å². The van der Waals surface area contributed by atoms with Crippen LogP contribution >= 0.6 is 0 Å². The molecular weight excluding hydrogens is 328 g/mol. The molecule has 4 rings (SSSR count). The molecule has 0 fully saturated rings. The van der Waals surface area contributed by atoms with Gasteiger partial charge in [0.25, 0.3) is 0 Å². The lowest BCUT2D eigenvalue weighted by atomic mass is 10.2. The van der Waals surface area contributed by atoms with Gasteiger partial charge in [-0.05, 0) is 26.0 Å². The summed E-state index contributed by atoms with van der Waals surface area (Å²) in [5.74, 6) is 2.81. The Balaban J connectivity index is 1.66. The van der Waals surface area contributed by atoms with Crippen LogP contribution in [0, 0.1) is 6.92 Å². The van der Waals surface area contributed by atoms with Crippen molar-refractivity contribution in [1.82, 2.24) is 19.7 Å². The van der Waals surface area contributed by atoms with Gasteiger partial charge in [-0.1, -0.05) is 18.2 Å². The molecule has 0 amide bonds. The third kappa shape index (κ3) is 2.77. The third-order valence-corrected chi connectivity index (χ3v) is 4.51. The van der Waals surface area contributed by atoms with Gasteiger partial charge >= 0.3 is 0 Å². The molecule has 2 N–H and O–H groups in total. The number of nitrogen functional groups attached to an aromatic ring is 1. The molecule has 7 nitrogen and oxygen atoms in total. The topological polar surface area (TPSA) is 86.0 Å². The standard InChI is InChI=1S/C19H20N6O/c1-12-8-17(20)25(23-12)19-10-18(21-11-22-19)24(3)13(2)16-9-14-6-4-5-7-15(14)26-16/h4-11,13H,20H2,1-3H3/t13-/m0/s1. The Morgan fingerprint density at radius 3 is 2.69 bits per heavy atom. The fraction of sp³-hybridized carbons (Fsp3) is 0.211. The molecule has 7 heteroatoms. The van der Waals surface area contributed by atoms with E-state index in [1.807, 2.05) is 55.3 Å². The first-order chi connectivity index (χ1) is 12.5. The van der Waals surface area contributed by atoms with Gasteiger partial charge in [-0.25, -0.2) is 9.97 Å². The predicted octanol–water partition coefficient (Wildman–Crippen LogP) is 3.50. The van der Waals surface area contributed by atoms with Crippen molar-refractivity contribution in [3.8, 4) is 5.82 Å². The zero-order valence-electron chi connectivity index (χ0n) is 14.9. The first kappa shape index (κ1) is 16.1. The molecule has 0 saturated heterocycles. The molecule has 0 aliphatic carbocycles. The number of hydrogen-bond acceptors (Lipinski definition) is 6. The van der Waals surface area contributed by atoms with Crippen molar-refractivity contribution < 1.29 is 4.42 Å². The van der Waals surface area contributed by atoms with Gasteiger partial charge in [-0.15, -0.1) is 0 Å². The molecule has 0 bridgehead atoms. The largest absolute Gasteiger partial charge is 0.459 e. The van der Waals surface area contributed by atoms with Crippen molar-refractivity contribution in [2.45, 2.75) is 19.9 Å².